The summed E-state index contributed by atoms with van der Waals surface area (Å²) in [6.07, 6.45) is 4.22. The van der Waals surface area contributed by atoms with E-state index < -0.39 is 0 Å². The Kier molecular flexibility index (Phi) is 7.24. The lowest BCUT2D eigenvalue weighted by Crippen LogP contribution is -2.37. The molecule has 8 nitrogen and oxygen atoms in total. The third-order valence-corrected chi connectivity index (χ3v) is 6.76. The first-order valence-corrected chi connectivity index (χ1v) is 12.0. The Labute approximate surface area is 196 Å². The van der Waals surface area contributed by atoms with Crippen LogP contribution < -0.4 is 10.9 Å². The number of amides is 1. The molecular formula is C22H27N5O3S2. The van der Waals surface area contributed by atoms with Crippen LogP contribution in [0.2, 0.25) is 0 Å². The van der Waals surface area contributed by atoms with Gasteiger partial charge in [-0.2, -0.15) is 0 Å². The van der Waals surface area contributed by atoms with E-state index in [2.05, 4.69) is 15.2 Å². The molecule has 2 aromatic rings. The Morgan fingerprint density at radius 1 is 1.28 bits per heavy atom. The van der Waals surface area contributed by atoms with Gasteiger partial charge in [-0.1, -0.05) is 30.0 Å². The van der Waals surface area contributed by atoms with Crippen molar-refractivity contribution in [3.63, 3.8) is 0 Å². The zero-order valence-corrected chi connectivity index (χ0v) is 19.9. The van der Waals surface area contributed by atoms with E-state index in [1.807, 2.05) is 19.9 Å². The summed E-state index contributed by atoms with van der Waals surface area (Å²) in [5, 5.41) is 3.33. The summed E-state index contributed by atoms with van der Waals surface area (Å²) in [5.41, 5.74) is 0.700. The molecule has 2 aliphatic rings. The average Bonchev–Trinajstić information content (AvgIpc) is 3.07. The molecule has 0 aromatic carbocycles. The molecule has 0 radical (unpaired) electrons. The van der Waals surface area contributed by atoms with Gasteiger partial charge < -0.3 is 10.1 Å². The van der Waals surface area contributed by atoms with Gasteiger partial charge in [0.05, 0.1) is 23.7 Å². The number of ether oxygens (including phenoxy) is 1. The summed E-state index contributed by atoms with van der Waals surface area (Å²) >= 11 is 6.60. The molecule has 0 bridgehead atoms. The number of anilines is 1. The lowest BCUT2D eigenvalue weighted by atomic mass is 10.2. The molecule has 4 rings (SSSR count). The number of fused-ring (bicyclic) bond motifs is 1. The third kappa shape index (κ3) is 4.88. The van der Waals surface area contributed by atoms with Crippen molar-refractivity contribution < 1.29 is 9.53 Å². The number of thiocarbonyl (C=S) groups is 1. The van der Waals surface area contributed by atoms with Gasteiger partial charge in [0.1, 0.15) is 15.8 Å². The second-order valence-electron chi connectivity index (χ2n) is 7.99. The minimum Gasteiger partial charge on any atom is -0.379 e. The zero-order chi connectivity index (χ0) is 22.7. The predicted molar refractivity (Wildman–Crippen MR) is 132 cm³/mol. The van der Waals surface area contributed by atoms with Gasteiger partial charge in [-0.25, -0.2) is 4.98 Å². The first-order chi connectivity index (χ1) is 15.5. The highest BCUT2D eigenvalue weighted by Crippen LogP contribution is 2.34. The highest BCUT2D eigenvalue weighted by molar-refractivity contribution is 8.26. The molecule has 2 saturated heterocycles. The van der Waals surface area contributed by atoms with Crippen molar-refractivity contribution in [1.29, 1.82) is 0 Å². The Balaban J connectivity index is 1.60. The summed E-state index contributed by atoms with van der Waals surface area (Å²) < 4.78 is 7.39. The largest absolute Gasteiger partial charge is 0.379 e. The topological polar surface area (TPSA) is 79.2 Å². The monoisotopic (exact) mass is 473 g/mol. The number of hydrogen-bond acceptors (Lipinski definition) is 8. The first kappa shape index (κ1) is 22.9. The molecule has 0 atom stereocenters. The molecule has 170 valence electrons. The fraction of sp³-hybridized carbons (Fsp3) is 0.455. The standard InChI is InChI=1S/C22H27N5O3S2/c1-15(2)27-21(29)17(32-22(27)31)14-16-19(23-7-5-8-25-10-12-30-13-11-25)24-18-6-3-4-9-26(18)20(16)28/h3-4,6,9,14-15,23H,5,7-8,10-13H2,1-2H3/b17-14+. The molecule has 32 heavy (non-hydrogen) atoms. The van der Waals surface area contributed by atoms with Crippen LogP contribution in [-0.4, -0.2) is 74.8 Å². The second kappa shape index (κ2) is 10.1. The van der Waals surface area contributed by atoms with Gasteiger partial charge in [0.25, 0.3) is 11.5 Å². The number of morpholine rings is 1. The molecule has 1 N–H and O–H groups in total. The normalized spacial score (nSPS) is 19.0. The minimum atomic E-state index is -0.221. The van der Waals surface area contributed by atoms with Crippen LogP contribution >= 0.6 is 24.0 Å². The maximum Gasteiger partial charge on any atom is 0.267 e. The summed E-state index contributed by atoms with van der Waals surface area (Å²) in [6, 6.07) is 5.38. The summed E-state index contributed by atoms with van der Waals surface area (Å²) in [4.78, 5) is 35.2. The summed E-state index contributed by atoms with van der Waals surface area (Å²) in [6.45, 7) is 8.89. The maximum atomic E-state index is 13.3. The molecule has 2 aromatic heterocycles. The van der Waals surface area contributed by atoms with E-state index >= 15 is 0 Å². The van der Waals surface area contributed by atoms with E-state index in [0.717, 1.165) is 39.3 Å². The van der Waals surface area contributed by atoms with Crippen molar-refractivity contribution in [2.24, 2.45) is 0 Å². The van der Waals surface area contributed by atoms with Crippen LogP contribution in [0.25, 0.3) is 11.7 Å². The minimum absolute atomic E-state index is 0.0398. The van der Waals surface area contributed by atoms with Crippen LogP contribution in [0.5, 0.6) is 0 Å². The summed E-state index contributed by atoms with van der Waals surface area (Å²) in [5.74, 6) is 0.309. The van der Waals surface area contributed by atoms with Crippen molar-refractivity contribution >= 4 is 51.7 Å². The van der Waals surface area contributed by atoms with Gasteiger partial charge >= 0.3 is 0 Å². The number of rotatable bonds is 7. The molecule has 0 unspecified atom stereocenters. The molecule has 0 saturated carbocycles. The van der Waals surface area contributed by atoms with E-state index in [-0.39, 0.29) is 17.5 Å². The van der Waals surface area contributed by atoms with Gasteiger partial charge in [0.2, 0.25) is 0 Å². The van der Waals surface area contributed by atoms with Crippen molar-refractivity contribution in [1.82, 2.24) is 19.2 Å². The van der Waals surface area contributed by atoms with Gasteiger partial charge in [-0.05, 0) is 45.0 Å². The van der Waals surface area contributed by atoms with Gasteiger partial charge in [-0.15, -0.1) is 0 Å². The Bertz CT molecular complexity index is 1110. The number of carbonyl (C=O) groups is 1. The number of hydrogen-bond donors (Lipinski definition) is 1. The summed E-state index contributed by atoms with van der Waals surface area (Å²) in [7, 11) is 0. The van der Waals surface area contributed by atoms with E-state index in [1.165, 1.54) is 16.2 Å². The quantitative estimate of drug-likeness (QED) is 0.373. The van der Waals surface area contributed by atoms with Crippen molar-refractivity contribution in [2.45, 2.75) is 26.3 Å². The van der Waals surface area contributed by atoms with Crippen LogP contribution in [0.4, 0.5) is 5.82 Å². The molecule has 0 spiro atoms. The lowest BCUT2D eigenvalue weighted by Gasteiger charge is -2.26. The van der Waals surface area contributed by atoms with E-state index in [9.17, 15) is 9.59 Å². The smallest absolute Gasteiger partial charge is 0.267 e. The molecule has 2 fully saturated rings. The number of nitrogens with one attached hydrogen (secondary N) is 1. The van der Waals surface area contributed by atoms with Gasteiger partial charge in [0.15, 0.2) is 0 Å². The highest BCUT2D eigenvalue weighted by atomic mass is 32.2. The molecular weight excluding hydrogens is 446 g/mol. The molecule has 10 heteroatoms. The SMILES string of the molecule is CC(C)N1C(=O)/C(=C\c2c(NCCCN3CCOCC3)nc3ccccn3c2=O)SC1=S. The van der Waals surface area contributed by atoms with Crippen LogP contribution in [0.3, 0.4) is 0 Å². The second-order valence-corrected chi connectivity index (χ2v) is 9.66. The van der Waals surface area contributed by atoms with Crippen molar-refractivity contribution in [3.8, 4) is 0 Å². The Morgan fingerprint density at radius 2 is 2.06 bits per heavy atom. The Hall–Kier alpha value is -2.27. The van der Waals surface area contributed by atoms with Crippen LogP contribution in [0.15, 0.2) is 34.1 Å². The fourth-order valence-corrected chi connectivity index (χ4v) is 5.26. The van der Waals surface area contributed by atoms with Crippen molar-refractivity contribution in [2.75, 3.05) is 44.7 Å². The predicted octanol–water partition coefficient (Wildman–Crippen LogP) is 2.44. The lowest BCUT2D eigenvalue weighted by molar-refractivity contribution is -0.123. The van der Waals surface area contributed by atoms with Crippen LogP contribution in [-0.2, 0) is 9.53 Å². The third-order valence-electron chi connectivity index (χ3n) is 5.43. The van der Waals surface area contributed by atoms with E-state index in [4.69, 9.17) is 17.0 Å². The number of carbonyl (C=O) groups excluding carboxylic acids is 1. The van der Waals surface area contributed by atoms with Gasteiger partial charge in [-0.3, -0.25) is 23.8 Å². The maximum absolute atomic E-state index is 13.3. The fourth-order valence-electron chi connectivity index (χ4n) is 3.76. The zero-order valence-electron chi connectivity index (χ0n) is 18.2. The van der Waals surface area contributed by atoms with E-state index in [1.54, 1.807) is 29.3 Å². The van der Waals surface area contributed by atoms with Gasteiger partial charge in [0, 0.05) is 31.9 Å². The average molecular weight is 474 g/mol. The van der Waals surface area contributed by atoms with E-state index in [0.29, 0.717) is 32.8 Å². The van der Waals surface area contributed by atoms with Crippen molar-refractivity contribution in [3.05, 3.63) is 45.2 Å². The molecule has 2 aliphatic heterocycles. The first-order valence-electron chi connectivity index (χ1n) is 10.8. The number of nitrogens with zero attached hydrogens (tertiary/aromatic N) is 4. The number of pyridine rings is 1. The number of aromatic nitrogens is 2. The number of thioether (sulfide) groups is 1. The van der Waals surface area contributed by atoms with Crippen LogP contribution in [0.1, 0.15) is 25.8 Å². The molecule has 0 aliphatic carbocycles. The Morgan fingerprint density at radius 3 is 2.78 bits per heavy atom. The highest BCUT2D eigenvalue weighted by Gasteiger charge is 2.34. The van der Waals surface area contributed by atoms with Crippen LogP contribution in [0, 0.1) is 0 Å². The molecule has 1 amide bonds. The molecule has 4 heterocycles.